The van der Waals surface area contributed by atoms with Gasteiger partial charge in [0.1, 0.15) is 6.10 Å². The van der Waals surface area contributed by atoms with E-state index in [4.69, 9.17) is 10.5 Å². The molecule has 0 aromatic carbocycles. The molecule has 1 aliphatic rings. The van der Waals surface area contributed by atoms with E-state index in [1.54, 1.807) is 0 Å². The highest BCUT2D eigenvalue weighted by molar-refractivity contribution is 5.70. The third-order valence-electron chi connectivity index (χ3n) is 3.91. The first-order chi connectivity index (χ1) is 8.52. The van der Waals surface area contributed by atoms with Gasteiger partial charge >= 0.3 is 5.97 Å². The molecule has 0 aliphatic heterocycles. The predicted molar refractivity (Wildman–Crippen MR) is 74.1 cm³/mol. The number of nitrogens with two attached hydrogens (primary N) is 1. The van der Waals surface area contributed by atoms with Crippen molar-refractivity contribution in [2.75, 3.05) is 6.54 Å². The van der Waals surface area contributed by atoms with Gasteiger partial charge in [0.2, 0.25) is 0 Å². The molecule has 18 heavy (non-hydrogen) atoms. The molecule has 0 amide bonds. The van der Waals surface area contributed by atoms with Crippen molar-refractivity contribution in [1.82, 2.24) is 0 Å². The maximum atomic E-state index is 11.9. The van der Waals surface area contributed by atoms with Crippen molar-refractivity contribution in [2.45, 2.75) is 65.4 Å². The van der Waals surface area contributed by atoms with Crippen molar-refractivity contribution < 1.29 is 9.53 Å². The van der Waals surface area contributed by atoms with E-state index in [2.05, 4.69) is 20.8 Å². The van der Waals surface area contributed by atoms with Crippen LogP contribution in [0, 0.1) is 17.8 Å². The third kappa shape index (κ3) is 5.38. The Morgan fingerprint density at radius 2 is 2.00 bits per heavy atom. The Morgan fingerprint density at radius 3 is 2.56 bits per heavy atom. The lowest BCUT2D eigenvalue weighted by Crippen LogP contribution is -2.30. The fourth-order valence-electron chi connectivity index (χ4n) is 2.84. The van der Waals surface area contributed by atoms with Crippen LogP contribution in [0.2, 0.25) is 0 Å². The molecule has 0 spiro atoms. The molecule has 0 radical (unpaired) electrons. The van der Waals surface area contributed by atoms with Gasteiger partial charge < -0.3 is 10.5 Å². The first-order valence-electron chi connectivity index (χ1n) is 7.42. The fraction of sp³-hybridized carbons (Fsp3) is 0.933. The summed E-state index contributed by atoms with van der Waals surface area (Å²) < 4.78 is 5.62. The molecule has 0 aromatic heterocycles. The zero-order valence-corrected chi connectivity index (χ0v) is 12.2. The second-order valence-electron chi connectivity index (χ2n) is 6.23. The minimum Gasteiger partial charge on any atom is -0.462 e. The van der Waals surface area contributed by atoms with Gasteiger partial charge in [-0.15, -0.1) is 0 Å². The summed E-state index contributed by atoms with van der Waals surface area (Å²) in [6.07, 6.45) is 6.31. The van der Waals surface area contributed by atoms with Gasteiger partial charge in [-0.1, -0.05) is 27.2 Å². The highest BCUT2D eigenvalue weighted by atomic mass is 16.5. The summed E-state index contributed by atoms with van der Waals surface area (Å²) in [5, 5.41) is 0. The average Bonchev–Trinajstić information content (AvgIpc) is 2.30. The van der Waals surface area contributed by atoms with Gasteiger partial charge in [0.25, 0.3) is 0 Å². The molecule has 3 heteroatoms. The van der Waals surface area contributed by atoms with Crippen LogP contribution in [0.25, 0.3) is 0 Å². The average molecular weight is 255 g/mol. The van der Waals surface area contributed by atoms with Gasteiger partial charge in [-0.3, -0.25) is 4.79 Å². The normalized spacial score (nSPS) is 26.1. The Bertz CT molecular complexity index is 253. The van der Waals surface area contributed by atoms with Gasteiger partial charge in [-0.05, 0) is 50.0 Å². The van der Waals surface area contributed by atoms with E-state index in [9.17, 15) is 4.79 Å². The van der Waals surface area contributed by atoms with E-state index in [0.29, 0.717) is 24.8 Å². The number of hydrogen-bond donors (Lipinski definition) is 1. The van der Waals surface area contributed by atoms with Crippen molar-refractivity contribution in [3.63, 3.8) is 0 Å². The summed E-state index contributed by atoms with van der Waals surface area (Å²) in [4.78, 5) is 11.9. The smallest absolute Gasteiger partial charge is 0.306 e. The van der Waals surface area contributed by atoms with Crippen molar-refractivity contribution in [2.24, 2.45) is 23.5 Å². The predicted octanol–water partition coefficient (Wildman–Crippen LogP) is 3.12. The molecule has 106 valence electrons. The lowest BCUT2D eigenvalue weighted by atomic mass is 9.88. The SMILES string of the molecule is CC(C)C[C@H](CN)CC(=O)OC1CCCCC1C. The second kappa shape index (κ2) is 7.78. The maximum Gasteiger partial charge on any atom is 0.306 e. The highest BCUT2D eigenvalue weighted by Gasteiger charge is 2.25. The first-order valence-corrected chi connectivity index (χ1v) is 7.42. The summed E-state index contributed by atoms with van der Waals surface area (Å²) in [6.45, 7) is 7.09. The van der Waals surface area contributed by atoms with Crippen molar-refractivity contribution in [3.8, 4) is 0 Å². The van der Waals surface area contributed by atoms with E-state index in [-0.39, 0.29) is 18.0 Å². The number of carbonyl (C=O) groups is 1. The molecule has 1 saturated carbocycles. The Hall–Kier alpha value is -0.570. The van der Waals surface area contributed by atoms with E-state index in [0.717, 1.165) is 12.8 Å². The van der Waals surface area contributed by atoms with Crippen LogP contribution < -0.4 is 5.73 Å². The first kappa shape index (κ1) is 15.5. The van der Waals surface area contributed by atoms with Gasteiger partial charge in [-0.2, -0.15) is 0 Å². The fourth-order valence-corrected chi connectivity index (χ4v) is 2.84. The number of esters is 1. The van der Waals surface area contributed by atoms with E-state index in [1.165, 1.54) is 19.3 Å². The number of ether oxygens (including phenoxy) is 1. The van der Waals surface area contributed by atoms with E-state index in [1.807, 2.05) is 0 Å². The Morgan fingerprint density at radius 1 is 1.33 bits per heavy atom. The molecule has 2 N–H and O–H groups in total. The molecule has 0 heterocycles. The molecule has 1 fully saturated rings. The number of hydrogen-bond acceptors (Lipinski definition) is 3. The standard InChI is InChI=1S/C15H29NO2/c1-11(2)8-13(10-16)9-15(17)18-14-7-5-4-6-12(14)3/h11-14H,4-10,16H2,1-3H3/t12?,13-,14?/m0/s1. The van der Waals surface area contributed by atoms with Crippen LogP contribution in [0.5, 0.6) is 0 Å². The van der Waals surface area contributed by atoms with Crippen LogP contribution >= 0.6 is 0 Å². The lowest BCUT2D eigenvalue weighted by molar-refractivity contribution is -0.154. The van der Waals surface area contributed by atoms with E-state index < -0.39 is 0 Å². The molecule has 0 bridgehead atoms. The molecule has 3 nitrogen and oxygen atoms in total. The maximum absolute atomic E-state index is 11.9. The van der Waals surface area contributed by atoms with Gasteiger partial charge in [-0.25, -0.2) is 0 Å². The second-order valence-corrected chi connectivity index (χ2v) is 6.23. The van der Waals surface area contributed by atoms with Gasteiger partial charge in [0.15, 0.2) is 0 Å². The lowest BCUT2D eigenvalue weighted by Gasteiger charge is -2.29. The summed E-state index contributed by atoms with van der Waals surface area (Å²) in [5.41, 5.74) is 5.72. The van der Waals surface area contributed by atoms with Crippen molar-refractivity contribution in [1.29, 1.82) is 0 Å². The molecule has 1 aliphatic carbocycles. The molecular formula is C15H29NO2. The van der Waals surface area contributed by atoms with Crippen molar-refractivity contribution in [3.05, 3.63) is 0 Å². The summed E-state index contributed by atoms with van der Waals surface area (Å²) in [7, 11) is 0. The van der Waals surface area contributed by atoms with Crippen LogP contribution in [-0.4, -0.2) is 18.6 Å². The summed E-state index contributed by atoms with van der Waals surface area (Å²) >= 11 is 0. The van der Waals surface area contributed by atoms with Gasteiger partial charge in [0.05, 0.1) is 0 Å². The van der Waals surface area contributed by atoms with Crippen molar-refractivity contribution >= 4 is 5.97 Å². The number of carbonyl (C=O) groups excluding carboxylic acids is 1. The molecule has 3 atom stereocenters. The Kier molecular flexibility index (Phi) is 6.69. The summed E-state index contributed by atoms with van der Waals surface area (Å²) in [5.74, 6) is 1.32. The molecular weight excluding hydrogens is 226 g/mol. The Balaban J connectivity index is 2.34. The van der Waals surface area contributed by atoms with E-state index >= 15 is 0 Å². The van der Waals surface area contributed by atoms with Gasteiger partial charge in [0, 0.05) is 6.42 Å². The number of rotatable bonds is 6. The molecule has 0 saturated heterocycles. The third-order valence-corrected chi connectivity index (χ3v) is 3.91. The molecule has 0 aromatic rings. The Labute approximate surface area is 111 Å². The zero-order chi connectivity index (χ0) is 13.5. The largest absolute Gasteiger partial charge is 0.462 e. The zero-order valence-electron chi connectivity index (χ0n) is 12.2. The minimum absolute atomic E-state index is 0.0511. The minimum atomic E-state index is -0.0511. The molecule has 1 rings (SSSR count). The summed E-state index contributed by atoms with van der Waals surface area (Å²) in [6, 6.07) is 0. The van der Waals surface area contributed by atoms with Crippen LogP contribution in [0.3, 0.4) is 0 Å². The highest BCUT2D eigenvalue weighted by Crippen LogP contribution is 2.27. The monoisotopic (exact) mass is 255 g/mol. The molecule has 2 unspecified atom stereocenters. The van der Waals surface area contributed by atoms with Crippen LogP contribution in [0.4, 0.5) is 0 Å². The van der Waals surface area contributed by atoms with Crippen LogP contribution in [0.15, 0.2) is 0 Å². The topological polar surface area (TPSA) is 52.3 Å². The van der Waals surface area contributed by atoms with Crippen LogP contribution in [-0.2, 0) is 9.53 Å². The quantitative estimate of drug-likeness (QED) is 0.742. The van der Waals surface area contributed by atoms with Crippen LogP contribution in [0.1, 0.15) is 59.3 Å².